The van der Waals surface area contributed by atoms with E-state index in [-0.39, 0.29) is 36.3 Å². The molecule has 0 saturated carbocycles. The number of Topliss-reactive ketones (excluding diaryl/α,β-unsaturated/α-hetero) is 2. The number of carbonyl (C=O) groups is 3. The Kier molecular flexibility index (Phi) is 9.85. The highest BCUT2D eigenvalue weighted by Crippen LogP contribution is 2.52. The number of allylic oxidation sites excluding steroid dienone is 1. The Labute approximate surface area is 255 Å². The molecule has 0 radical (unpaired) electrons. The number of primary amides is 1. The van der Waals surface area contributed by atoms with Gasteiger partial charge in [-0.25, -0.2) is 0 Å². The van der Waals surface area contributed by atoms with Crippen LogP contribution in [0.15, 0.2) is 34.8 Å². The predicted octanol–water partition coefficient (Wildman–Crippen LogP) is 0.160. The highest BCUT2D eigenvalue weighted by Gasteiger charge is 2.63. The molecule has 4 rings (SSSR count). The van der Waals surface area contributed by atoms with E-state index in [0.717, 1.165) is 0 Å². The zero-order valence-corrected chi connectivity index (χ0v) is 25.7. The first-order chi connectivity index (χ1) is 20.8. The van der Waals surface area contributed by atoms with Gasteiger partial charge in [0.25, 0.3) is 5.91 Å². The van der Waals surface area contributed by atoms with E-state index >= 15 is 0 Å². The molecule has 3 aliphatic carbocycles. The number of phenols is 1. The van der Waals surface area contributed by atoms with Crippen LogP contribution in [0.2, 0.25) is 0 Å². The number of hydrogen-bond donors (Lipinski definition) is 5. The summed E-state index contributed by atoms with van der Waals surface area (Å²) in [7, 11) is 9.21. The number of phenolic OH excluding ortho intramolecular Hbond substituents is 1. The van der Waals surface area contributed by atoms with Gasteiger partial charge >= 0.3 is 0 Å². The van der Waals surface area contributed by atoms with Crippen LogP contribution in [0.3, 0.4) is 0 Å². The summed E-state index contributed by atoms with van der Waals surface area (Å²) in [5.41, 5.74) is 2.80. The first-order valence-corrected chi connectivity index (χ1v) is 14.1. The van der Waals surface area contributed by atoms with Gasteiger partial charge in [-0.3, -0.25) is 24.2 Å². The molecule has 0 fully saturated rings. The number of benzene rings is 1. The topological polar surface area (TPSA) is 202 Å². The third kappa shape index (κ3) is 5.51. The van der Waals surface area contributed by atoms with E-state index in [0.29, 0.717) is 24.2 Å². The number of aromatic hydroxyl groups is 1. The van der Waals surface area contributed by atoms with E-state index in [9.17, 15) is 34.8 Å². The van der Waals surface area contributed by atoms with Crippen LogP contribution in [0.4, 0.5) is 0 Å². The first kappa shape index (κ1) is 33.5. The Morgan fingerprint density at radius 1 is 1.02 bits per heavy atom. The molecule has 242 valence electrons. The molecule has 1 aromatic rings. The molecule has 0 aliphatic heterocycles. The number of nitrogens with zero attached hydrogens (tertiary/aromatic N) is 2. The molecule has 0 saturated heterocycles. The molecule has 0 unspecified atom stereocenters. The van der Waals surface area contributed by atoms with E-state index in [4.69, 9.17) is 24.7 Å². The van der Waals surface area contributed by atoms with Crippen molar-refractivity contribution in [2.75, 3.05) is 55.6 Å². The van der Waals surface area contributed by atoms with Gasteiger partial charge in [-0.05, 0) is 50.0 Å². The Morgan fingerprint density at radius 2 is 1.59 bits per heavy atom. The maximum atomic E-state index is 14.0. The van der Waals surface area contributed by atoms with Crippen molar-refractivity contribution in [1.82, 2.24) is 9.80 Å². The average Bonchev–Trinajstić information content (AvgIpc) is 2.97. The number of ether oxygens (including phenoxy) is 4. The lowest BCUT2D eigenvalue weighted by molar-refractivity contribution is -0.148. The normalized spacial score (nSPS) is 25.3. The summed E-state index contributed by atoms with van der Waals surface area (Å²) in [5, 5.41) is 45.1. The fourth-order valence-electron chi connectivity index (χ4n) is 6.82. The number of amides is 1. The second-order valence-electron chi connectivity index (χ2n) is 11.6. The molecule has 0 heterocycles. The van der Waals surface area contributed by atoms with Gasteiger partial charge in [-0.15, -0.1) is 0 Å². The molecule has 0 aromatic heterocycles. The third-order valence-corrected chi connectivity index (χ3v) is 8.96. The zero-order chi connectivity index (χ0) is 32.7. The molecular formula is C30H41N3O11. The molecule has 14 nitrogen and oxygen atoms in total. The number of rotatable bonds is 12. The van der Waals surface area contributed by atoms with Crippen molar-refractivity contribution in [3.63, 3.8) is 0 Å². The molecule has 14 heteroatoms. The summed E-state index contributed by atoms with van der Waals surface area (Å²) in [4.78, 5) is 43.1. The van der Waals surface area contributed by atoms with E-state index in [1.807, 2.05) is 4.90 Å². The number of aliphatic hydroxyl groups is 3. The Morgan fingerprint density at radius 3 is 2.09 bits per heavy atom. The van der Waals surface area contributed by atoms with Crippen molar-refractivity contribution in [2.24, 2.45) is 17.6 Å². The highest BCUT2D eigenvalue weighted by atomic mass is 16.7. The van der Waals surface area contributed by atoms with Crippen LogP contribution in [0.1, 0.15) is 27.9 Å². The van der Waals surface area contributed by atoms with Crippen molar-refractivity contribution in [1.29, 1.82) is 0 Å². The SMILES string of the molecule is COC(CN(Cc1ccc(O)c2c1C[C@H]1C[C@H]3[C@@H](N(C)C)C(O)=C(C(N)=O)C(=O)[C@@]3(O)C(O)=C1C2=O)CC(OC)OC)OC. The van der Waals surface area contributed by atoms with Gasteiger partial charge in [-0.1, -0.05) is 6.07 Å². The molecule has 1 amide bonds. The standard InChI is InChI=1S/C30H41N3O11/c1-32(2)24-17-10-15-9-16-14(11-33(12-19(41-3)42-4)13-20(43-5)44-6)7-8-18(34)22(16)25(35)21(15)27(37)30(17,40)28(38)23(26(24)36)29(31)39/h7-8,15,17,19-20,24,34,36-37,40H,9-13H2,1-6H3,(H2,31,39)/t15-,17-,24+,30-/m0/s1. The van der Waals surface area contributed by atoms with Crippen LogP contribution in [-0.4, -0.2) is 128 Å². The number of nitrogens with two attached hydrogens (primary N) is 1. The zero-order valence-electron chi connectivity index (χ0n) is 25.7. The summed E-state index contributed by atoms with van der Waals surface area (Å²) in [6.07, 6.45) is -1.00. The summed E-state index contributed by atoms with van der Waals surface area (Å²) < 4.78 is 21.6. The predicted molar refractivity (Wildman–Crippen MR) is 155 cm³/mol. The Hall–Kier alpha value is -3.37. The summed E-state index contributed by atoms with van der Waals surface area (Å²) >= 11 is 0. The van der Waals surface area contributed by atoms with Crippen molar-refractivity contribution in [2.45, 2.75) is 43.6 Å². The van der Waals surface area contributed by atoms with Crippen LogP contribution in [0.5, 0.6) is 5.75 Å². The third-order valence-electron chi connectivity index (χ3n) is 8.96. The number of hydrogen-bond acceptors (Lipinski definition) is 13. The summed E-state index contributed by atoms with van der Waals surface area (Å²) in [5.74, 6) is -6.96. The quantitative estimate of drug-likeness (QED) is 0.157. The number of likely N-dealkylation sites (N-methyl/N-ethyl adjacent to an activating group) is 1. The van der Waals surface area contributed by atoms with Crippen LogP contribution < -0.4 is 5.73 Å². The lowest BCUT2D eigenvalue weighted by atomic mass is 9.58. The van der Waals surface area contributed by atoms with Gasteiger partial charge in [0.15, 0.2) is 24.0 Å². The summed E-state index contributed by atoms with van der Waals surface area (Å²) in [6, 6.07) is 2.00. The molecule has 0 bridgehead atoms. The van der Waals surface area contributed by atoms with Gasteiger partial charge < -0.3 is 45.1 Å². The van der Waals surface area contributed by atoms with Gasteiger partial charge in [0.2, 0.25) is 5.78 Å². The Bertz CT molecular complexity index is 1370. The minimum absolute atomic E-state index is 0.00454. The largest absolute Gasteiger partial charge is 0.510 e. The molecule has 3 aliphatic rings. The lowest BCUT2D eigenvalue weighted by Crippen LogP contribution is -2.63. The van der Waals surface area contributed by atoms with E-state index in [2.05, 4.69) is 0 Å². The van der Waals surface area contributed by atoms with Gasteiger partial charge in [-0.2, -0.15) is 0 Å². The maximum absolute atomic E-state index is 14.0. The van der Waals surface area contributed by atoms with Crippen LogP contribution >= 0.6 is 0 Å². The first-order valence-electron chi connectivity index (χ1n) is 14.1. The van der Waals surface area contributed by atoms with Gasteiger partial charge in [0.1, 0.15) is 22.8 Å². The minimum Gasteiger partial charge on any atom is -0.510 e. The van der Waals surface area contributed by atoms with Crippen LogP contribution in [-0.2, 0) is 41.5 Å². The van der Waals surface area contributed by atoms with E-state index in [1.54, 1.807) is 20.2 Å². The molecular weight excluding hydrogens is 578 g/mol. The Balaban J connectivity index is 1.82. The van der Waals surface area contributed by atoms with Gasteiger partial charge in [0.05, 0.1) is 24.7 Å². The number of methoxy groups -OCH3 is 4. The number of fused-ring (bicyclic) bond motifs is 3. The fourth-order valence-corrected chi connectivity index (χ4v) is 6.82. The lowest BCUT2D eigenvalue weighted by Gasteiger charge is -2.50. The van der Waals surface area contributed by atoms with Crippen LogP contribution in [0.25, 0.3) is 0 Å². The number of aliphatic hydroxyl groups excluding tert-OH is 2. The second kappa shape index (κ2) is 12.9. The van der Waals surface area contributed by atoms with Crippen molar-refractivity contribution in [3.05, 3.63) is 51.5 Å². The van der Waals surface area contributed by atoms with Crippen molar-refractivity contribution >= 4 is 17.5 Å². The second-order valence-corrected chi connectivity index (χ2v) is 11.6. The van der Waals surface area contributed by atoms with E-state index in [1.165, 1.54) is 39.4 Å². The summed E-state index contributed by atoms with van der Waals surface area (Å²) in [6.45, 7) is 0.896. The van der Waals surface area contributed by atoms with Crippen molar-refractivity contribution < 1.29 is 53.8 Å². The molecule has 1 aromatic carbocycles. The molecule has 4 atom stereocenters. The monoisotopic (exact) mass is 619 g/mol. The van der Waals surface area contributed by atoms with Gasteiger partial charge in [0, 0.05) is 46.5 Å². The maximum Gasteiger partial charge on any atom is 0.255 e. The molecule has 44 heavy (non-hydrogen) atoms. The molecule has 0 spiro atoms. The number of carbonyl (C=O) groups excluding carboxylic acids is 3. The molecule has 6 N–H and O–H groups in total. The highest BCUT2D eigenvalue weighted by molar-refractivity contribution is 6.24. The smallest absolute Gasteiger partial charge is 0.255 e. The minimum atomic E-state index is -2.70. The van der Waals surface area contributed by atoms with Crippen molar-refractivity contribution in [3.8, 4) is 5.75 Å². The van der Waals surface area contributed by atoms with Crippen LogP contribution in [0, 0.1) is 11.8 Å². The number of ketones is 2. The average molecular weight is 620 g/mol. The fraction of sp³-hybridized carbons (Fsp3) is 0.567. The van der Waals surface area contributed by atoms with E-state index < -0.39 is 70.6 Å².